The van der Waals surface area contributed by atoms with Gasteiger partial charge in [-0.2, -0.15) is 0 Å². The number of nitrogens with zero attached hydrogens (tertiary/aromatic N) is 1. The summed E-state index contributed by atoms with van der Waals surface area (Å²) in [6.07, 6.45) is 0.785. The highest BCUT2D eigenvalue weighted by molar-refractivity contribution is 8.01. The first-order valence-corrected chi connectivity index (χ1v) is 6.54. The maximum Gasteiger partial charge on any atom is 0.243 e. The summed E-state index contributed by atoms with van der Waals surface area (Å²) >= 11 is 1.60. The minimum absolute atomic E-state index is 0.0119. The smallest absolute Gasteiger partial charge is 0.243 e. The molecule has 86 valence electrons. The molecule has 1 saturated heterocycles. The highest BCUT2D eigenvalue weighted by Crippen LogP contribution is 2.31. The van der Waals surface area contributed by atoms with E-state index in [-0.39, 0.29) is 11.2 Å². The number of para-hydroxylation sites is 1. The molecule has 17 heavy (non-hydrogen) atoms. The van der Waals surface area contributed by atoms with Gasteiger partial charge in [-0.3, -0.25) is 9.79 Å². The lowest BCUT2D eigenvalue weighted by Gasteiger charge is -2.22. The zero-order chi connectivity index (χ0) is 11.8. The van der Waals surface area contributed by atoms with E-state index in [0.717, 1.165) is 29.3 Å². The minimum Gasteiger partial charge on any atom is -0.328 e. The van der Waals surface area contributed by atoms with Crippen molar-refractivity contribution in [1.29, 1.82) is 0 Å². The van der Waals surface area contributed by atoms with E-state index in [9.17, 15) is 4.79 Å². The lowest BCUT2D eigenvalue weighted by Crippen LogP contribution is -2.42. The van der Waals surface area contributed by atoms with Crippen LogP contribution in [-0.2, 0) is 11.2 Å². The number of carbonyl (C=O) groups excluding carboxylic acids is 1. The van der Waals surface area contributed by atoms with Gasteiger partial charge in [0.25, 0.3) is 0 Å². The Morgan fingerprint density at radius 1 is 1.41 bits per heavy atom. The molecular formula is C13H12N2OS. The number of carbonyl (C=O) groups is 1. The van der Waals surface area contributed by atoms with Gasteiger partial charge in [0.15, 0.2) is 0 Å². The van der Waals surface area contributed by atoms with Gasteiger partial charge < -0.3 is 5.32 Å². The molecule has 1 N–H and O–H groups in total. The van der Waals surface area contributed by atoms with Crippen molar-refractivity contribution in [3.63, 3.8) is 0 Å². The SMILES string of the molecule is C=C1CSC(C2=Nc3ccccc3C2)C(=O)N1. The summed E-state index contributed by atoms with van der Waals surface area (Å²) in [7, 11) is 0. The first-order valence-electron chi connectivity index (χ1n) is 5.49. The molecule has 2 aliphatic heterocycles. The number of thioether (sulfide) groups is 1. The molecule has 0 spiro atoms. The lowest BCUT2D eigenvalue weighted by atomic mass is 10.1. The Bertz CT molecular complexity index is 536. The highest BCUT2D eigenvalue weighted by atomic mass is 32.2. The number of amides is 1. The molecule has 0 aliphatic carbocycles. The van der Waals surface area contributed by atoms with E-state index in [2.05, 4.69) is 23.0 Å². The van der Waals surface area contributed by atoms with Crippen molar-refractivity contribution in [3.05, 3.63) is 42.1 Å². The molecule has 0 aromatic heterocycles. The Morgan fingerprint density at radius 3 is 3.00 bits per heavy atom. The van der Waals surface area contributed by atoms with Crippen LogP contribution < -0.4 is 5.32 Å². The summed E-state index contributed by atoms with van der Waals surface area (Å²) in [6.45, 7) is 3.77. The number of hydrogen-bond acceptors (Lipinski definition) is 3. The van der Waals surface area contributed by atoms with Gasteiger partial charge in [0.1, 0.15) is 5.25 Å². The van der Waals surface area contributed by atoms with E-state index in [0.29, 0.717) is 0 Å². The fourth-order valence-electron chi connectivity index (χ4n) is 2.09. The molecule has 1 unspecified atom stereocenters. The Labute approximate surface area is 104 Å². The van der Waals surface area contributed by atoms with Gasteiger partial charge in [0, 0.05) is 23.6 Å². The van der Waals surface area contributed by atoms with Crippen LogP contribution in [0, 0.1) is 0 Å². The number of aliphatic imine (C=N–C) groups is 1. The average molecular weight is 244 g/mol. The molecule has 1 atom stereocenters. The van der Waals surface area contributed by atoms with Crippen molar-refractivity contribution in [1.82, 2.24) is 5.32 Å². The van der Waals surface area contributed by atoms with Gasteiger partial charge in [-0.1, -0.05) is 24.8 Å². The van der Waals surface area contributed by atoms with E-state index in [1.807, 2.05) is 18.2 Å². The number of nitrogens with one attached hydrogen (secondary N) is 1. The van der Waals surface area contributed by atoms with Crippen LogP contribution in [0.15, 0.2) is 41.5 Å². The van der Waals surface area contributed by atoms with Crippen LogP contribution in [0.5, 0.6) is 0 Å². The number of fused-ring (bicyclic) bond motifs is 1. The fraction of sp³-hybridized carbons (Fsp3) is 0.231. The summed E-state index contributed by atoms with van der Waals surface area (Å²) in [6, 6.07) is 8.04. The van der Waals surface area contributed by atoms with Gasteiger partial charge >= 0.3 is 0 Å². The van der Waals surface area contributed by atoms with Gasteiger partial charge in [-0.05, 0) is 11.6 Å². The molecule has 1 fully saturated rings. The van der Waals surface area contributed by atoms with Crippen LogP contribution in [0.4, 0.5) is 5.69 Å². The summed E-state index contributed by atoms with van der Waals surface area (Å²) in [5.41, 5.74) is 3.95. The molecule has 4 heteroatoms. The predicted octanol–water partition coefficient (Wildman–Crippen LogP) is 2.06. The predicted molar refractivity (Wildman–Crippen MR) is 70.8 cm³/mol. The summed E-state index contributed by atoms with van der Waals surface area (Å²) in [5.74, 6) is 0.781. The van der Waals surface area contributed by atoms with Crippen LogP contribution in [0.3, 0.4) is 0 Å². The van der Waals surface area contributed by atoms with Crippen molar-refractivity contribution in [2.75, 3.05) is 5.75 Å². The van der Waals surface area contributed by atoms with Crippen LogP contribution in [0.25, 0.3) is 0 Å². The molecule has 0 saturated carbocycles. The summed E-state index contributed by atoms with van der Waals surface area (Å²) in [5, 5.41) is 2.64. The van der Waals surface area contributed by atoms with Crippen molar-refractivity contribution in [2.45, 2.75) is 11.7 Å². The maximum atomic E-state index is 11.9. The zero-order valence-corrected chi connectivity index (χ0v) is 10.1. The molecule has 0 bridgehead atoms. The van der Waals surface area contributed by atoms with E-state index in [4.69, 9.17) is 0 Å². The number of rotatable bonds is 1. The largest absolute Gasteiger partial charge is 0.328 e. The molecule has 2 aliphatic rings. The Kier molecular flexibility index (Phi) is 2.52. The van der Waals surface area contributed by atoms with E-state index in [1.54, 1.807) is 11.8 Å². The molecule has 0 radical (unpaired) electrons. The molecule has 3 nitrogen and oxygen atoms in total. The third kappa shape index (κ3) is 1.89. The summed E-state index contributed by atoms with van der Waals surface area (Å²) in [4.78, 5) is 16.4. The minimum atomic E-state index is -0.159. The molecule has 1 aromatic rings. The first-order chi connectivity index (χ1) is 8.24. The quantitative estimate of drug-likeness (QED) is 0.821. The van der Waals surface area contributed by atoms with Gasteiger partial charge in [-0.15, -0.1) is 11.8 Å². The van der Waals surface area contributed by atoms with E-state index < -0.39 is 0 Å². The van der Waals surface area contributed by atoms with Crippen LogP contribution in [-0.4, -0.2) is 22.6 Å². The van der Waals surface area contributed by atoms with Crippen LogP contribution in [0.2, 0.25) is 0 Å². The van der Waals surface area contributed by atoms with E-state index in [1.165, 1.54) is 5.56 Å². The Morgan fingerprint density at radius 2 is 2.24 bits per heavy atom. The molecule has 1 aromatic carbocycles. The second-order valence-corrected chi connectivity index (χ2v) is 5.29. The fourth-order valence-corrected chi connectivity index (χ4v) is 3.07. The van der Waals surface area contributed by atoms with Crippen molar-refractivity contribution < 1.29 is 4.79 Å². The molecule has 2 heterocycles. The van der Waals surface area contributed by atoms with Gasteiger partial charge in [0.05, 0.1) is 5.69 Å². The Hall–Kier alpha value is -1.55. The van der Waals surface area contributed by atoms with Crippen LogP contribution in [0.1, 0.15) is 5.56 Å². The molecule has 1 amide bonds. The Balaban J connectivity index is 1.84. The average Bonchev–Trinajstić information content (AvgIpc) is 2.72. The lowest BCUT2D eigenvalue weighted by molar-refractivity contribution is -0.118. The number of hydrogen-bond donors (Lipinski definition) is 1. The maximum absolute atomic E-state index is 11.9. The monoisotopic (exact) mass is 244 g/mol. The van der Waals surface area contributed by atoms with Gasteiger partial charge in [-0.25, -0.2) is 0 Å². The molecule has 3 rings (SSSR count). The third-order valence-electron chi connectivity index (χ3n) is 2.89. The van der Waals surface area contributed by atoms with E-state index >= 15 is 0 Å². The van der Waals surface area contributed by atoms with Crippen LogP contribution >= 0.6 is 11.8 Å². The highest BCUT2D eigenvalue weighted by Gasteiger charge is 2.31. The van der Waals surface area contributed by atoms with Crippen molar-refractivity contribution in [3.8, 4) is 0 Å². The van der Waals surface area contributed by atoms with Crippen molar-refractivity contribution >= 4 is 29.1 Å². The number of benzene rings is 1. The van der Waals surface area contributed by atoms with Crippen molar-refractivity contribution in [2.24, 2.45) is 4.99 Å². The molecular weight excluding hydrogens is 232 g/mol. The zero-order valence-electron chi connectivity index (χ0n) is 9.27. The normalized spacial score (nSPS) is 23.1. The third-order valence-corrected chi connectivity index (χ3v) is 4.23. The second-order valence-electron chi connectivity index (χ2n) is 4.19. The second kappa shape index (κ2) is 4.04. The topological polar surface area (TPSA) is 41.5 Å². The van der Waals surface area contributed by atoms with Gasteiger partial charge in [0.2, 0.25) is 5.91 Å². The summed E-state index contributed by atoms with van der Waals surface area (Å²) < 4.78 is 0. The standard InChI is InChI=1S/C13H12N2OS/c1-8-7-17-12(13(16)14-8)11-6-9-4-2-3-5-10(9)15-11/h2-5,12H,1,6-7H2,(H,14,16). The first kappa shape index (κ1) is 10.6.